The third-order valence-corrected chi connectivity index (χ3v) is 3.00. The predicted octanol–water partition coefficient (Wildman–Crippen LogP) is 0.248. The van der Waals surface area contributed by atoms with Crippen molar-refractivity contribution in [1.82, 2.24) is 14.9 Å². The van der Waals surface area contributed by atoms with Crippen molar-refractivity contribution in [1.29, 1.82) is 0 Å². The number of nitrogens with one attached hydrogen (secondary N) is 2. The molecule has 1 aliphatic heterocycles. The summed E-state index contributed by atoms with van der Waals surface area (Å²) in [6, 6.07) is 0.227. The number of likely N-dealkylation sites (tertiary alicyclic amines) is 1. The molecule has 94 valence electrons. The minimum Gasteiger partial charge on any atom is -0.391 e. The van der Waals surface area contributed by atoms with Gasteiger partial charge < -0.3 is 20.9 Å². The summed E-state index contributed by atoms with van der Waals surface area (Å²) in [6.45, 7) is 5.34. The second-order valence-electron chi connectivity index (χ2n) is 4.55. The van der Waals surface area contributed by atoms with Crippen LogP contribution in [0, 0.1) is 0 Å². The van der Waals surface area contributed by atoms with Gasteiger partial charge in [0.15, 0.2) is 5.82 Å². The molecule has 1 unspecified atom stereocenters. The molecule has 17 heavy (non-hydrogen) atoms. The zero-order chi connectivity index (χ0) is 12.3. The maximum atomic E-state index is 11.3. The van der Waals surface area contributed by atoms with E-state index in [-0.39, 0.29) is 17.3 Å². The van der Waals surface area contributed by atoms with Gasteiger partial charge in [0.05, 0.1) is 6.33 Å². The summed E-state index contributed by atoms with van der Waals surface area (Å²) in [5.41, 5.74) is 5.51. The van der Waals surface area contributed by atoms with Crippen molar-refractivity contribution in [3.63, 3.8) is 0 Å². The molecule has 6 heteroatoms. The smallest absolute Gasteiger partial charge is 0.276 e. The molecule has 1 aromatic rings. The molecule has 1 fully saturated rings. The zero-order valence-electron chi connectivity index (χ0n) is 10.1. The largest absolute Gasteiger partial charge is 0.391 e. The lowest BCUT2D eigenvalue weighted by atomic mass is 10.3. The number of aromatic nitrogens is 2. The van der Waals surface area contributed by atoms with Crippen LogP contribution in [-0.2, 0) is 0 Å². The van der Waals surface area contributed by atoms with Gasteiger partial charge in [0.25, 0.3) is 5.56 Å². The van der Waals surface area contributed by atoms with Crippen LogP contribution >= 0.6 is 0 Å². The lowest BCUT2D eigenvalue weighted by molar-refractivity contribution is 0.327. The van der Waals surface area contributed by atoms with E-state index in [4.69, 9.17) is 5.73 Å². The Morgan fingerprint density at radius 2 is 2.29 bits per heavy atom. The van der Waals surface area contributed by atoms with E-state index in [2.05, 4.69) is 27.1 Å². The summed E-state index contributed by atoms with van der Waals surface area (Å²) in [4.78, 5) is 20.2. The molecule has 0 bridgehead atoms. The summed E-state index contributed by atoms with van der Waals surface area (Å²) in [5.74, 6) is 0.473. The standard InChI is InChI=1S/C11H19N5O/c1-8(6-16-4-2-3-5-16)15-10-9(12)11(17)14-7-13-10/h7-8H,2-6,12H2,1H3,(H2,13,14,15,17). The molecule has 0 aromatic carbocycles. The Hall–Kier alpha value is -1.56. The third-order valence-electron chi connectivity index (χ3n) is 3.00. The maximum Gasteiger partial charge on any atom is 0.276 e. The number of aromatic amines is 1. The highest BCUT2D eigenvalue weighted by atomic mass is 16.1. The average Bonchev–Trinajstić information content (AvgIpc) is 2.77. The quantitative estimate of drug-likeness (QED) is 0.698. The fourth-order valence-corrected chi connectivity index (χ4v) is 2.16. The van der Waals surface area contributed by atoms with Crippen LogP contribution in [0.3, 0.4) is 0 Å². The fourth-order valence-electron chi connectivity index (χ4n) is 2.16. The Labute approximate surface area is 100 Å². The molecule has 1 aromatic heterocycles. The van der Waals surface area contributed by atoms with Crippen molar-refractivity contribution in [2.45, 2.75) is 25.8 Å². The lowest BCUT2D eigenvalue weighted by Crippen LogP contribution is -2.34. The highest BCUT2D eigenvalue weighted by molar-refractivity contribution is 5.59. The SMILES string of the molecule is CC(CN1CCCC1)Nc1nc[nH]c(=O)c1N. The molecular weight excluding hydrogens is 218 g/mol. The summed E-state index contributed by atoms with van der Waals surface area (Å²) in [7, 11) is 0. The Kier molecular flexibility index (Phi) is 3.63. The maximum absolute atomic E-state index is 11.3. The average molecular weight is 237 g/mol. The molecule has 6 nitrogen and oxygen atoms in total. The second kappa shape index (κ2) is 5.18. The minimum absolute atomic E-state index is 0.153. The first-order chi connectivity index (χ1) is 8.16. The lowest BCUT2D eigenvalue weighted by Gasteiger charge is -2.21. The number of hydrogen-bond donors (Lipinski definition) is 3. The third kappa shape index (κ3) is 2.97. The van der Waals surface area contributed by atoms with Crippen molar-refractivity contribution >= 4 is 11.5 Å². The number of nitrogens with zero attached hydrogens (tertiary/aromatic N) is 2. The van der Waals surface area contributed by atoms with Crippen molar-refractivity contribution in [3.05, 3.63) is 16.7 Å². The number of rotatable bonds is 4. The van der Waals surface area contributed by atoms with E-state index in [1.165, 1.54) is 19.2 Å². The van der Waals surface area contributed by atoms with Gasteiger partial charge in [0.1, 0.15) is 5.69 Å². The minimum atomic E-state index is -0.295. The first-order valence-electron chi connectivity index (χ1n) is 5.99. The van der Waals surface area contributed by atoms with E-state index < -0.39 is 0 Å². The van der Waals surface area contributed by atoms with Gasteiger partial charge in [0, 0.05) is 12.6 Å². The number of anilines is 2. The topological polar surface area (TPSA) is 87.0 Å². The molecule has 2 rings (SSSR count). The summed E-state index contributed by atoms with van der Waals surface area (Å²) in [6.07, 6.45) is 3.92. The van der Waals surface area contributed by atoms with E-state index in [9.17, 15) is 4.79 Å². The van der Waals surface area contributed by atoms with Crippen LogP contribution in [0.2, 0.25) is 0 Å². The van der Waals surface area contributed by atoms with Crippen LogP contribution in [-0.4, -0.2) is 40.5 Å². The van der Waals surface area contributed by atoms with Gasteiger partial charge in [-0.05, 0) is 32.9 Å². The Bertz CT molecular complexity index is 424. The van der Waals surface area contributed by atoms with Crippen molar-refractivity contribution < 1.29 is 0 Å². The summed E-state index contributed by atoms with van der Waals surface area (Å²) < 4.78 is 0. The number of nitrogens with two attached hydrogens (primary N) is 1. The first kappa shape index (κ1) is 11.9. The number of H-pyrrole nitrogens is 1. The Morgan fingerprint density at radius 3 is 3.00 bits per heavy atom. The van der Waals surface area contributed by atoms with E-state index in [0.717, 1.165) is 19.6 Å². The molecule has 0 radical (unpaired) electrons. The van der Waals surface area contributed by atoms with Crippen molar-refractivity contribution in [2.75, 3.05) is 30.7 Å². The van der Waals surface area contributed by atoms with Crippen LogP contribution < -0.4 is 16.6 Å². The monoisotopic (exact) mass is 237 g/mol. The van der Waals surface area contributed by atoms with Crippen LogP contribution in [0.1, 0.15) is 19.8 Å². The summed E-state index contributed by atoms with van der Waals surface area (Å²) in [5, 5.41) is 3.18. The molecule has 1 atom stereocenters. The molecule has 0 spiro atoms. The normalized spacial score (nSPS) is 18.2. The second-order valence-corrected chi connectivity index (χ2v) is 4.55. The molecule has 0 aliphatic carbocycles. The summed E-state index contributed by atoms with van der Waals surface area (Å²) >= 11 is 0. The van der Waals surface area contributed by atoms with E-state index >= 15 is 0 Å². The van der Waals surface area contributed by atoms with Gasteiger partial charge in [-0.25, -0.2) is 4.98 Å². The number of hydrogen-bond acceptors (Lipinski definition) is 5. The van der Waals surface area contributed by atoms with Crippen LogP contribution in [0.5, 0.6) is 0 Å². The molecule has 1 aliphatic rings. The number of nitrogen functional groups attached to an aromatic ring is 1. The fraction of sp³-hybridized carbons (Fsp3) is 0.636. The van der Waals surface area contributed by atoms with Crippen LogP contribution in [0.25, 0.3) is 0 Å². The molecule has 0 amide bonds. The van der Waals surface area contributed by atoms with Crippen LogP contribution in [0.4, 0.5) is 11.5 Å². The highest BCUT2D eigenvalue weighted by Gasteiger charge is 2.15. The Balaban J connectivity index is 1.95. The van der Waals surface area contributed by atoms with Gasteiger partial charge in [0.2, 0.25) is 0 Å². The van der Waals surface area contributed by atoms with Gasteiger partial charge in [-0.1, -0.05) is 0 Å². The van der Waals surface area contributed by atoms with Gasteiger partial charge in [-0.3, -0.25) is 4.79 Å². The Morgan fingerprint density at radius 1 is 1.59 bits per heavy atom. The van der Waals surface area contributed by atoms with Crippen LogP contribution in [0.15, 0.2) is 11.1 Å². The first-order valence-corrected chi connectivity index (χ1v) is 5.99. The van der Waals surface area contributed by atoms with Gasteiger partial charge >= 0.3 is 0 Å². The molecular formula is C11H19N5O. The zero-order valence-corrected chi connectivity index (χ0v) is 10.1. The van der Waals surface area contributed by atoms with E-state index in [1.807, 2.05) is 0 Å². The van der Waals surface area contributed by atoms with E-state index in [0.29, 0.717) is 5.82 Å². The van der Waals surface area contributed by atoms with Crippen molar-refractivity contribution in [3.8, 4) is 0 Å². The van der Waals surface area contributed by atoms with Gasteiger partial charge in [-0.15, -0.1) is 0 Å². The molecule has 1 saturated heterocycles. The van der Waals surface area contributed by atoms with Gasteiger partial charge in [-0.2, -0.15) is 0 Å². The molecule has 0 saturated carbocycles. The molecule has 2 heterocycles. The van der Waals surface area contributed by atoms with Crippen molar-refractivity contribution in [2.24, 2.45) is 0 Å². The van der Waals surface area contributed by atoms with E-state index in [1.54, 1.807) is 0 Å². The molecule has 4 N–H and O–H groups in total. The highest BCUT2D eigenvalue weighted by Crippen LogP contribution is 2.12. The predicted molar refractivity (Wildman–Crippen MR) is 68.0 cm³/mol.